The van der Waals surface area contributed by atoms with E-state index in [1.165, 1.54) is 50.2 Å². The Kier molecular flexibility index (Phi) is 5.83. The van der Waals surface area contributed by atoms with Crippen LogP contribution in [-0.4, -0.2) is 21.9 Å². The average Bonchev–Trinajstić information content (AvgIpc) is 2.91. The second kappa shape index (κ2) is 8.46. The number of nitrogens with zero attached hydrogens (tertiary/aromatic N) is 2. The molecule has 0 unspecified atom stereocenters. The molecular weight excluding hydrogens is 335 g/mol. The van der Waals surface area contributed by atoms with E-state index in [2.05, 4.69) is 26.1 Å². The SMILES string of the molecule is Nc1c(NNC(=O)c2ccccc2F)ncnc1NC1CCCCCC1. The normalized spacial score (nSPS) is 15.1. The molecule has 7 nitrogen and oxygen atoms in total. The molecule has 3 rings (SSSR count). The highest BCUT2D eigenvalue weighted by Crippen LogP contribution is 2.26. The molecule has 8 heteroatoms. The van der Waals surface area contributed by atoms with Gasteiger partial charge in [0.2, 0.25) is 0 Å². The molecule has 0 aliphatic heterocycles. The number of hydrazine groups is 1. The maximum absolute atomic E-state index is 13.7. The van der Waals surface area contributed by atoms with E-state index < -0.39 is 11.7 Å². The number of amides is 1. The minimum absolute atomic E-state index is 0.0653. The highest BCUT2D eigenvalue weighted by molar-refractivity contribution is 5.95. The summed E-state index contributed by atoms with van der Waals surface area (Å²) in [7, 11) is 0. The van der Waals surface area contributed by atoms with Crippen LogP contribution in [-0.2, 0) is 0 Å². The average molecular weight is 358 g/mol. The standard InChI is InChI=1S/C18H23FN6O/c19-14-10-6-5-9-13(14)18(26)25-24-17-15(20)16(21-11-22-17)23-12-7-3-1-2-4-8-12/h5-6,9-12H,1-4,7-8,20H2,(H,25,26)(H2,21,22,23,24). The Bertz CT molecular complexity index is 761. The predicted octanol–water partition coefficient (Wildman–Crippen LogP) is 3.09. The summed E-state index contributed by atoms with van der Waals surface area (Å²) < 4.78 is 13.7. The van der Waals surface area contributed by atoms with E-state index in [1.807, 2.05) is 0 Å². The number of hydrogen-bond acceptors (Lipinski definition) is 6. The van der Waals surface area contributed by atoms with Gasteiger partial charge in [-0.2, -0.15) is 0 Å². The van der Waals surface area contributed by atoms with Crippen LogP contribution in [0.15, 0.2) is 30.6 Å². The van der Waals surface area contributed by atoms with Gasteiger partial charge in [-0.3, -0.25) is 15.6 Å². The summed E-state index contributed by atoms with van der Waals surface area (Å²) in [6.07, 6.45) is 8.41. The Hall–Kier alpha value is -2.90. The third kappa shape index (κ3) is 4.38. The number of rotatable bonds is 5. The molecular formula is C18H23FN6O. The van der Waals surface area contributed by atoms with E-state index in [0.29, 0.717) is 17.5 Å². The summed E-state index contributed by atoms with van der Waals surface area (Å²) in [5, 5.41) is 3.37. The van der Waals surface area contributed by atoms with Gasteiger partial charge in [0.05, 0.1) is 5.56 Å². The molecule has 1 aromatic carbocycles. The number of nitrogen functional groups attached to an aromatic ring is 1. The third-order valence-electron chi connectivity index (χ3n) is 4.49. The number of carbonyl (C=O) groups excluding carboxylic acids is 1. The second-order valence-electron chi connectivity index (χ2n) is 6.38. The van der Waals surface area contributed by atoms with Gasteiger partial charge in [0, 0.05) is 6.04 Å². The van der Waals surface area contributed by atoms with Gasteiger partial charge >= 0.3 is 0 Å². The summed E-state index contributed by atoms with van der Waals surface area (Å²) in [4.78, 5) is 20.3. The summed E-state index contributed by atoms with van der Waals surface area (Å²) in [6.45, 7) is 0. The van der Waals surface area contributed by atoms with Crippen molar-refractivity contribution in [1.82, 2.24) is 15.4 Å². The lowest BCUT2D eigenvalue weighted by atomic mass is 10.1. The molecule has 1 aromatic heterocycles. The highest BCUT2D eigenvalue weighted by atomic mass is 19.1. The van der Waals surface area contributed by atoms with Gasteiger partial charge in [0.1, 0.15) is 17.8 Å². The first-order chi connectivity index (χ1) is 12.6. The summed E-state index contributed by atoms with van der Waals surface area (Å²) in [5.74, 6) is -0.409. The number of nitrogens with two attached hydrogens (primary N) is 1. The van der Waals surface area contributed by atoms with E-state index >= 15 is 0 Å². The van der Waals surface area contributed by atoms with Gasteiger partial charge in [0.15, 0.2) is 11.6 Å². The molecule has 0 atom stereocenters. The zero-order chi connectivity index (χ0) is 18.4. The van der Waals surface area contributed by atoms with Crippen LogP contribution in [0.2, 0.25) is 0 Å². The number of aromatic nitrogens is 2. The topological polar surface area (TPSA) is 105 Å². The Labute approximate surface area is 151 Å². The minimum atomic E-state index is -0.612. The molecule has 5 N–H and O–H groups in total. The van der Waals surface area contributed by atoms with E-state index in [9.17, 15) is 9.18 Å². The lowest BCUT2D eigenvalue weighted by Gasteiger charge is -2.19. The first-order valence-electron chi connectivity index (χ1n) is 8.83. The molecule has 26 heavy (non-hydrogen) atoms. The van der Waals surface area contributed by atoms with Crippen LogP contribution in [0.4, 0.5) is 21.7 Å². The van der Waals surface area contributed by atoms with E-state index in [4.69, 9.17) is 5.73 Å². The molecule has 1 aliphatic carbocycles. The minimum Gasteiger partial charge on any atom is -0.393 e. The second-order valence-corrected chi connectivity index (χ2v) is 6.38. The van der Waals surface area contributed by atoms with Crippen molar-refractivity contribution in [2.24, 2.45) is 0 Å². The van der Waals surface area contributed by atoms with Crippen LogP contribution in [0.3, 0.4) is 0 Å². The molecule has 1 fully saturated rings. The molecule has 0 spiro atoms. The maximum Gasteiger partial charge on any atom is 0.272 e. The van der Waals surface area contributed by atoms with Gasteiger partial charge in [-0.25, -0.2) is 14.4 Å². The number of anilines is 3. The quantitative estimate of drug-likeness (QED) is 0.484. The summed E-state index contributed by atoms with van der Waals surface area (Å²) in [5.41, 5.74) is 11.4. The summed E-state index contributed by atoms with van der Waals surface area (Å²) in [6, 6.07) is 6.06. The number of nitrogens with one attached hydrogen (secondary N) is 3. The first-order valence-corrected chi connectivity index (χ1v) is 8.83. The van der Waals surface area contributed by atoms with Gasteiger partial charge in [-0.15, -0.1) is 0 Å². The van der Waals surface area contributed by atoms with Crippen molar-refractivity contribution in [3.8, 4) is 0 Å². The number of carbonyl (C=O) groups is 1. The lowest BCUT2D eigenvalue weighted by molar-refractivity contribution is 0.0958. The molecule has 0 saturated heterocycles. The van der Waals surface area contributed by atoms with Crippen LogP contribution in [0.5, 0.6) is 0 Å². The van der Waals surface area contributed by atoms with Crippen molar-refractivity contribution >= 4 is 23.2 Å². The molecule has 2 aromatic rings. The Balaban J connectivity index is 1.65. The van der Waals surface area contributed by atoms with Crippen molar-refractivity contribution in [3.05, 3.63) is 42.0 Å². The zero-order valence-corrected chi connectivity index (χ0v) is 14.5. The van der Waals surface area contributed by atoms with Gasteiger partial charge in [0.25, 0.3) is 5.91 Å². The Morgan fingerprint density at radius 3 is 2.50 bits per heavy atom. The van der Waals surface area contributed by atoms with Gasteiger partial charge < -0.3 is 11.1 Å². The van der Waals surface area contributed by atoms with Crippen molar-refractivity contribution < 1.29 is 9.18 Å². The highest BCUT2D eigenvalue weighted by Gasteiger charge is 2.16. The third-order valence-corrected chi connectivity index (χ3v) is 4.49. The molecule has 1 amide bonds. The predicted molar refractivity (Wildman–Crippen MR) is 99.0 cm³/mol. The monoisotopic (exact) mass is 358 g/mol. The van der Waals surface area contributed by atoms with Crippen LogP contribution in [0.1, 0.15) is 48.9 Å². The van der Waals surface area contributed by atoms with E-state index in [-0.39, 0.29) is 11.4 Å². The van der Waals surface area contributed by atoms with E-state index in [1.54, 1.807) is 6.07 Å². The van der Waals surface area contributed by atoms with Crippen molar-refractivity contribution in [2.75, 3.05) is 16.5 Å². The van der Waals surface area contributed by atoms with Crippen LogP contribution in [0.25, 0.3) is 0 Å². The van der Waals surface area contributed by atoms with Gasteiger partial charge in [-0.05, 0) is 25.0 Å². The smallest absolute Gasteiger partial charge is 0.272 e. The van der Waals surface area contributed by atoms with Crippen molar-refractivity contribution in [2.45, 2.75) is 44.6 Å². The van der Waals surface area contributed by atoms with E-state index in [0.717, 1.165) is 12.8 Å². The molecule has 0 bridgehead atoms. The molecule has 1 heterocycles. The summed E-state index contributed by atoms with van der Waals surface area (Å²) >= 11 is 0. The number of hydrogen-bond donors (Lipinski definition) is 4. The van der Waals surface area contributed by atoms with Gasteiger partial charge in [-0.1, -0.05) is 37.8 Å². The largest absolute Gasteiger partial charge is 0.393 e. The fourth-order valence-electron chi connectivity index (χ4n) is 3.06. The zero-order valence-electron chi connectivity index (χ0n) is 14.5. The molecule has 1 saturated carbocycles. The first kappa shape index (κ1) is 17.9. The lowest BCUT2D eigenvalue weighted by Crippen LogP contribution is -2.31. The molecule has 0 radical (unpaired) electrons. The maximum atomic E-state index is 13.7. The van der Waals surface area contributed by atoms with Crippen molar-refractivity contribution in [3.63, 3.8) is 0 Å². The Morgan fingerprint density at radius 2 is 1.77 bits per heavy atom. The fourth-order valence-corrected chi connectivity index (χ4v) is 3.06. The Morgan fingerprint density at radius 1 is 1.08 bits per heavy atom. The van der Waals surface area contributed by atoms with Crippen LogP contribution >= 0.6 is 0 Å². The van der Waals surface area contributed by atoms with Crippen LogP contribution in [0, 0.1) is 5.82 Å². The number of halogens is 1. The fraction of sp³-hybridized carbons (Fsp3) is 0.389. The molecule has 1 aliphatic rings. The number of benzene rings is 1. The molecule has 138 valence electrons. The van der Waals surface area contributed by atoms with Crippen LogP contribution < -0.4 is 21.9 Å². The van der Waals surface area contributed by atoms with Crippen molar-refractivity contribution in [1.29, 1.82) is 0 Å².